The highest BCUT2D eigenvalue weighted by Crippen LogP contribution is 2.31. The lowest BCUT2D eigenvalue weighted by Gasteiger charge is -2.12. The number of hydrogen-bond acceptors (Lipinski definition) is 4. The third-order valence-electron chi connectivity index (χ3n) is 4.37. The fraction of sp³-hybridized carbons (Fsp3) is 0.412. The molecule has 0 spiro atoms. The molecule has 1 heterocycles. The summed E-state index contributed by atoms with van der Waals surface area (Å²) >= 11 is 0. The quantitative estimate of drug-likeness (QED) is 0.885. The first-order valence-electron chi connectivity index (χ1n) is 7.34. The lowest BCUT2D eigenvalue weighted by Crippen LogP contribution is -2.10. The van der Waals surface area contributed by atoms with Crippen molar-refractivity contribution in [2.45, 2.75) is 32.8 Å². The summed E-state index contributed by atoms with van der Waals surface area (Å²) in [6.07, 6.45) is 1.90. The van der Waals surface area contributed by atoms with Crippen molar-refractivity contribution in [2.24, 2.45) is 0 Å². The van der Waals surface area contributed by atoms with Crippen LogP contribution in [0.1, 0.15) is 32.9 Å². The summed E-state index contributed by atoms with van der Waals surface area (Å²) in [6, 6.07) is 3.73. The second-order valence-corrected chi connectivity index (χ2v) is 5.70. The molecule has 1 atom stereocenters. The number of esters is 1. The number of carbonyl (C=O) groups is 1. The van der Waals surface area contributed by atoms with Crippen molar-refractivity contribution in [3.8, 4) is 11.4 Å². The van der Waals surface area contributed by atoms with Crippen molar-refractivity contribution in [3.05, 3.63) is 40.2 Å². The molecule has 1 N–H and O–H groups in total. The molecule has 0 amide bonds. The summed E-state index contributed by atoms with van der Waals surface area (Å²) < 4.78 is 10.2. The SMILES string of the molecule is COC(=O)c1ccc(C)c(-c2nc3c([nH]2)CC(OC)C3)c1C. The second-order valence-electron chi connectivity index (χ2n) is 5.70. The van der Waals surface area contributed by atoms with Crippen molar-refractivity contribution >= 4 is 5.97 Å². The molecule has 2 aromatic rings. The van der Waals surface area contributed by atoms with Crippen molar-refractivity contribution in [1.82, 2.24) is 9.97 Å². The number of ether oxygens (including phenoxy) is 2. The lowest BCUT2D eigenvalue weighted by atomic mass is 9.97. The highest BCUT2D eigenvalue weighted by atomic mass is 16.5. The van der Waals surface area contributed by atoms with Gasteiger partial charge in [-0.3, -0.25) is 0 Å². The van der Waals surface area contributed by atoms with Crippen molar-refractivity contribution in [1.29, 1.82) is 0 Å². The molecule has 0 saturated heterocycles. The minimum Gasteiger partial charge on any atom is -0.465 e. The average Bonchev–Trinajstić information content (AvgIpc) is 3.04. The van der Waals surface area contributed by atoms with Gasteiger partial charge in [0.15, 0.2) is 0 Å². The topological polar surface area (TPSA) is 64.2 Å². The highest BCUT2D eigenvalue weighted by molar-refractivity contribution is 5.93. The number of fused-ring (bicyclic) bond motifs is 1. The Kier molecular flexibility index (Phi) is 3.74. The van der Waals surface area contributed by atoms with E-state index >= 15 is 0 Å². The first kappa shape index (κ1) is 14.8. The number of rotatable bonds is 3. The summed E-state index contributed by atoms with van der Waals surface area (Å²) in [6.45, 7) is 3.95. The summed E-state index contributed by atoms with van der Waals surface area (Å²) in [7, 11) is 3.12. The van der Waals surface area contributed by atoms with Crippen LogP contribution in [0, 0.1) is 13.8 Å². The third-order valence-corrected chi connectivity index (χ3v) is 4.37. The van der Waals surface area contributed by atoms with Gasteiger partial charge in [-0.15, -0.1) is 0 Å². The maximum atomic E-state index is 11.9. The van der Waals surface area contributed by atoms with Crippen LogP contribution in [0.3, 0.4) is 0 Å². The zero-order valence-corrected chi connectivity index (χ0v) is 13.3. The standard InChI is InChI=1S/C17H20N2O3/c1-9-5-6-12(17(20)22-4)10(2)15(9)16-18-13-7-11(21-3)8-14(13)19-16/h5-6,11H,7-8H2,1-4H3,(H,18,19). The Morgan fingerprint density at radius 1 is 1.27 bits per heavy atom. The van der Waals surface area contributed by atoms with Gasteiger partial charge in [0.2, 0.25) is 0 Å². The largest absolute Gasteiger partial charge is 0.465 e. The fourth-order valence-corrected chi connectivity index (χ4v) is 3.13. The van der Waals surface area contributed by atoms with Gasteiger partial charge in [-0.2, -0.15) is 0 Å². The van der Waals surface area contributed by atoms with E-state index in [2.05, 4.69) is 4.98 Å². The number of methoxy groups -OCH3 is 2. The van der Waals surface area contributed by atoms with Gasteiger partial charge in [0, 0.05) is 31.2 Å². The van der Waals surface area contributed by atoms with Crippen LogP contribution in [-0.4, -0.2) is 36.3 Å². The molecule has 1 aliphatic carbocycles. The zero-order valence-electron chi connectivity index (χ0n) is 13.3. The molecule has 5 nitrogen and oxygen atoms in total. The summed E-state index contributed by atoms with van der Waals surface area (Å²) in [5.41, 5.74) is 5.72. The Bertz CT molecular complexity index is 710. The van der Waals surface area contributed by atoms with Gasteiger partial charge in [0.1, 0.15) is 5.82 Å². The molecule has 5 heteroatoms. The molecule has 3 rings (SSSR count). The van der Waals surface area contributed by atoms with Crippen molar-refractivity contribution in [3.63, 3.8) is 0 Å². The average molecular weight is 300 g/mol. The van der Waals surface area contributed by atoms with Crippen LogP contribution in [-0.2, 0) is 22.3 Å². The molecule has 1 aromatic heterocycles. The van der Waals surface area contributed by atoms with Gasteiger partial charge in [-0.05, 0) is 31.0 Å². The summed E-state index contributed by atoms with van der Waals surface area (Å²) in [5.74, 6) is 0.498. The first-order chi connectivity index (χ1) is 10.5. The molecular formula is C17H20N2O3. The molecule has 1 unspecified atom stereocenters. The fourth-order valence-electron chi connectivity index (χ4n) is 3.13. The van der Waals surface area contributed by atoms with Crippen LogP contribution in [0.15, 0.2) is 12.1 Å². The molecule has 0 bridgehead atoms. The van der Waals surface area contributed by atoms with E-state index in [1.165, 1.54) is 7.11 Å². The predicted octanol–water partition coefficient (Wildman–Crippen LogP) is 2.59. The minimum absolute atomic E-state index is 0.214. The van der Waals surface area contributed by atoms with E-state index in [-0.39, 0.29) is 12.1 Å². The molecule has 1 aromatic carbocycles. The molecule has 1 aliphatic rings. The van der Waals surface area contributed by atoms with E-state index in [4.69, 9.17) is 14.5 Å². The van der Waals surface area contributed by atoms with E-state index in [9.17, 15) is 4.79 Å². The summed E-state index contributed by atoms with van der Waals surface area (Å²) in [4.78, 5) is 20.0. The van der Waals surface area contributed by atoms with Crippen LogP contribution in [0.25, 0.3) is 11.4 Å². The van der Waals surface area contributed by atoms with Crippen LogP contribution < -0.4 is 0 Å². The number of carbonyl (C=O) groups excluding carboxylic acids is 1. The molecular weight excluding hydrogens is 280 g/mol. The minimum atomic E-state index is -0.322. The highest BCUT2D eigenvalue weighted by Gasteiger charge is 2.26. The maximum Gasteiger partial charge on any atom is 0.338 e. The molecule has 0 aliphatic heterocycles. The Hall–Kier alpha value is -2.14. The lowest BCUT2D eigenvalue weighted by molar-refractivity contribution is 0.0600. The summed E-state index contributed by atoms with van der Waals surface area (Å²) in [5, 5.41) is 0. The Morgan fingerprint density at radius 2 is 2.05 bits per heavy atom. The van der Waals surface area contributed by atoms with Gasteiger partial charge >= 0.3 is 5.97 Å². The number of benzene rings is 1. The van der Waals surface area contributed by atoms with E-state index in [0.29, 0.717) is 5.56 Å². The van der Waals surface area contributed by atoms with E-state index in [1.807, 2.05) is 19.9 Å². The number of H-pyrrole nitrogens is 1. The van der Waals surface area contributed by atoms with Crippen molar-refractivity contribution < 1.29 is 14.3 Å². The van der Waals surface area contributed by atoms with E-state index in [0.717, 1.165) is 46.7 Å². The Labute approximate surface area is 129 Å². The van der Waals surface area contributed by atoms with Gasteiger partial charge in [0.05, 0.1) is 24.5 Å². The smallest absolute Gasteiger partial charge is 0.338 e. The van der Waals surface area contributed by atoms with E-state index < -0.39 is 0 Å². The van der Waals surface area contributed by atoms with Gasteiger partial charge in [0.25, 0.3) is 0 Å². The van der Waals surface area contributed by atoms with Crippen LogP contribution >= 0.6 is 0 Å². The van der Waals surface area contributed by atoms with Gasteiger partial charge in [-0.1, -0.05) is 6.07 Å². The number of hydrogen-bond donors (Lipinski definition) is 1. The Balaban J connectivity index is 2.05. The monoisotopic (exact) mass is 300 g/mol. The van der Waals surface area contributed by atoms with Crippen LogP contribution in [0.5, 0.6) is 0 Å². The molecule has 0 saturated carbocycles. The van der Waals surface area contributed by atoms with Crippen molar-refractivity contribution in [2.75, 3.05) is 14.2 Å². The first-order valence-corrected chi connectivity index (χ1v) is 7.34. The molecule has 0 fully saturated rings. The van der Waals surface area contributed by atoms with Crippen LogP contribution in [0.4, 0.5) is 0 Å². The third kappa shape index (κ3) is 2.31. The molecule has 0 radical (unpaired) electrons. The molecule has 22 heavy (non-hydrogen) atoms. The number of imidazole rings is 1. The zero-order chi connectivity index (χ0) is 15.9. The van der Waals surface area contributed by atoms with Crippen LogP contribution in [0.2, 0.25) is 0 Å². The maximum absolute atomic E-state index is 11.9. The number of nitrogens with zero attached hydrogens (tertiary/aromatic N) is 1. The Morgan fingerprint density at radius 3 is 2.68 bits per heavy atom. The van der Waals surface area contributed by atoms with E-state index in [1.54, 1.807) is 13.2 Å². The van der Waals surface area contributed by atoms with Gasteiger partial charge < -0.3 is 14.5 Å². The number of nitrogens with one attached hydrogen (secondary N) is 1. The van der Waals surface area contributed by atoms with Gasteiger partial charge in [-0.25, -0.2) is 9.78 Å². The number of aromatic nitrogens is 2. The second kappa shape index (κ2) is 5.57. The number of aryl methyl sites for hydroxylation is 1. The predicted molar refractivity (Wildman–Crippen MR) is 83.0 cm³/mol. The molecule has 116 valence electrons. The normalized spacial score (nSPS) is 14.2. The number of aromatic amines is 1.